The molecule has 0 aliphatic heterocycles. The van der Waals surface area contributed by atoms with Crippen LogP contribution < -0.4 is 11.1 Å². The zero-order valence-electron chi connectivity index (χ0n) is 12.0. The van der Waals surface area contributed by atoms with Crippen LogP contribution in [0, 0.1) is 5.82 Å². The van der Waals surface area contributed by atoms with Crippen LogP contribution >= 0.6 is 0 Å². The highest BCUT2D eigenvalue weighted by Gasteiger charge is 2.14. The third-order valence-electron chi connectivity index (χ3n) is 3.58. The molecule has 0 radical (unpaired) electrons. The highest BCUT2D eigenvalue weighted by Crippen LogP contribution is 2.29. The second-order valence-electron chi connectivity index (χ2n) is 5.13. The van der Waals surface area contributed by atoms with Gasteiger partial charge in [-0.25, -0.2) is 4.39 Å². The van der Waals surface area contributed by atoms with Crippen molar-refractivity contribution in [2.24, 2.45) is 0 Å². The molecule has 3 aromatic carbocycles. The van der Waals surface area contributed by atoms with Gasteiger partial charge in [-0.2, -0.15) is 0 Å². The van der Waals surface area contributed by atoms with Crippen LogP contribution in [0.4, 0.5) is 15.8 Å². The molecule has 0 spiro atoms. The Bertz CT molecular complexity index is 702. The Morgan fingerprint density at radius 3 is 1.82 bits per heavy atom. The van der Waals surface area contributed by atoms with Crippen LogP contribution in [-0.4, -0.2) is 0 Å². The van der Waals surface area contributed by atoms with E-state index in [-0.39, 0.29) is 11.9 Å². The molecule has 110 valence electrons. The van der Waals surface area contributed by atoms with Gasteiger partial charge in [-0.3, -0.25) is 0 Å². The van der Waals surface area contributed by atoms with Gasteiger partial charge >= 0.3 is 0 Å². The van der Waals surface area contributed by atoms with Gasteiger partial charge in [0.05, 0.1) is 17.4 Å². The molecule has 22 heavy (non-hydrogen) atoms. The predicted octanol–water partition coefficient (Wildman–Crippen LogP) is 4.61. The Hall–Kier alpha value is -2.81. The molecule has 3 aromatic rings. The van der Waals surface area contributed by atoms with E-state index in [4.69, 9.17) is 5.73 Å². The summed E-state index contributed by atoms with van der Waals surface area (Å²) in [6, 6.07) is 24.6. The number of nitrogen functional groups attached to an aromatic ring is 1. The molecule has 0 bridgehead atoms. The lowest BCUT2D eigenvalue weighted by Gasteiger charge is -2.22. The van der Waals surface area contributed by atoms with Crippen molar-refractivity contribution in [2.45, 2.75) is 6.04 Å². The van der Waals surface area contributed by atoms with E-state index in [1.807, 2.05) is 36.4 Å². The highest BCUT2D eigenvalue weighted by molar-refractivity contribution is 5.67. The lowest BCUT2D eigenvalue weighted by Crippen LogP contribution is -2.13. The summed E-state index contributed by atoms with van der Waals surface area (Å²) in [5.74, 6) is -0.334. The van der Waals surface area contributed by atoms with Gasteiger partial charge in [0.25, 0.3) is 0 Å². The van der Waals surface area contributed by atoms with Crippen LogP contribution in [0.15, 0.2) is 78.9 Å². The number of rotatable bonds is 4. The molecule has 3 heteroatoms. The van der Waals surface area contributed by atoms with E-state index in [1.54, 1.807) is 6.07 Å². The topological polar surface area (TPSA) is 38.0 Å². The van der Waals surface area contributed by atoms with Gasteiger partial charge in [-0.1, -0.05) is 60.7 Å². The molecule has 2 nitrogen and oxygen atoms in total. The van der Waals surface area contributed by atoms with Gasteiger partial charge in [-0.05, 0) is 29.3 Å². The third-order valence-corrected chi connectivity index (χ3v) is 3.58. The third kappa shape index (κ3) is 3.09. The Morgan fingerprint density at radius 1 is 0.773 bits per heavy atom. The minimum Gasteiger partial charge on any atom is -0.397 e. The molecule has 0 atom stereocenters. The van der Waals surface area contributed by atoms with Crippen LogP contribution in [0.3, 0.4) is 0 Å². The Morgan fingerprint density at radius 2 is 1.32 bits per heavy atom. The van der Waals surface area contributed by atoms with Crippen molar-refractivity contribution in [3.8, 4) is 0 Å². The normalized spacial score (nSPS) is 10.6. The van der Waals surface area contributed by atoms with Crippen LogP contribution in [0.1, 0.15) is 17.2 Å². The first-order chi connectivity index (χ1) is 10.7. The zero-order chi connectivity index (χ0) is 15.4. The number of nitrogens with one attached hydrogen (secondary N) is 1. The summed E-state index contributed by atoms with van der Waals surface area (Å²) in [7, 11) is 0. The molecule has 3 N–H and O–H groups in total. The van der Waals surface area contributed by atoms with Crippen molar-refractivity contribution in [3.63, 3.8) is 0 Å². The molecule has 0 amide bonds. The zero-order valence-corrected chi connectivity index (χ0v) is 12.0. The van der Waals surface area contributed by atoms with Crippen LogP contribution in [0.25, 0.3) is 0 Å². The molecular weight excluding hydrogens is 275 g/mol. The molecule has 0 unspecified atom stereocenters. The summed E-state index contributed by atoms with van der Waals surface area (Å²) in [6.45, 7) is 0. The number of hydrogen-bond acceptors (Lipinski definition) is 2. The number of hydrogen-bond donors (Lipinski definition) is 2. The van der Waals surface area contributed by atoms with Crippen molar-refractivity contribution in [1.29, 1.82) is 0 Å². The van der Waals surface area contributed by atoms with Crippen molar-refractivity contribution >= 4 is 11.4 Å². The first kappa shape index (κ1) is 14.1. The molecular formula is C19H17FN2. The number of halogens is 1. The van der Waals surface area contributed by atoms with Crippen molar-refractivity contribution in [2.75, 3.05) is 11.1 Å². The maximum absolute atomic E-state index is 13.2. The van der Waals surface area contributed by atoms with E-state index in [0.717, 1.165) is 16.8 Å². The summed E-state index contributed by atoms with van der Waals surface area (Å²) in [4.78, 5) is 0. The fourth-order valence-electron chi connectivity index (χ4n) is 2.47. The Labute approximate surface area is 129 Å². The summed E-state index contributed by atoms with van der Waals surface area (Å²) >= 11 is 0. The van der Waals surface area contributed by atoms with Gasteiger partial charge in [0, 0.05) is 0 Å². The summed E-state index contributed by atoms with van der Waals surface area (Å²) in [5.41, 5.74) is 9.29. The fraction of sp³-hybridized carbons (Fsp3) is 0.0526. The van der Waals surface area contributed by atoms with Gasteiger partial charge in [-0.15, -0.1) is 0 Å². The van der Waals surface area contributed by atoms with Gasteiger partial charge in [0.1, 0.15) is 5.82 Å². The van der Waals surface area contributed by atoms with Crippen molar-refractivity contribution in [1.82, 2.24) is 0 Å². The second-order valence-corrected chi connectivity index (χ2v) is 5.13. The van der Waals surface area contributed by atoms with Gasteiger partial charge in [0.2, 0.25) is 0 Å². The maximum atomic E-state index is 13.2. The summed E-state index contributed by atoms with van der Waals surface area (Å²) in [5, 5.41) is 3.42. The van der Waals surface area contributed by atoms with E-state index in [0.29, 0.717) is 5.69 Å². The molecule has 3 rings (SSSR count). The summed E-state index contributed by atoms with van der Waals surface area (Å²) in [6.07, 6.45) is 0. The number of nitrogens with two attached hydrogens (primary N) is 1. The second kappa shape index (κ2) is 6.31. The largest absolute Gasteiger partial charge is 0.397 e. The van der Waals surface area contributed by atoms with Crippen molar-refractivity contribution < 1.29 is 4.39 Å². The Balaban J connectivity index is 1.99. The fourth-order valence-corrected chi connectivity index (χ4v) is 2.47. The Kier molecular flexibility index (Phi) is 4.05. The standard InChI is InChI=1S/C19H17FN2/c20-16-11-12-18(17(21)13-16)22-19(14-7-3-1-4-8-14)15-9-5-2-6-10-15/h1-13,19,22H,21H2. The minimum atomic E-state index is -0.334. The van der Waals surface area contributed by atoms with E-state index in [9.17, 15) is 4.39 Å². The number of anilines is 2. The van der Waals surface area contributed by atoms with E-state index < -0.39 is 0 Å². The van der Waals surface area contributed by atoms with Crippen LogP contribution in [0.2, 0.25) is 0 Å². The number of benzene rings is 3. The predicted molar refractivity (Wildman–Crippen MR) is 89.2 cm³/mol. The molecule has 0 aliphatic rings. The average molecular weight is 292 g/mol. The molecule has 0 aliphatic carbocycles. The van der Waals surface area contributed by atoms with E-state index in [1.165, 1.54) is 12.1 Å². The molecule has 0 heterocycles. The van der Waals surface area contributed by atoms with Gasteiger partial charge < -0.3 is 11.1 Å². The lowest BCUT2D eigenvalue weighted by molar-refractivity contribution is 0.628. The molecule has 0 saturated heterocycles. The SMILES string of the molecule is Nc1cc(F)ccc1NC(c1ccccc1)c1ccccc1. The lowest BCUT2D eigenvalue weighted by atomic mass is 9.98. The van der Waals surface area contributed by atoms with Crippen LogP contribution in [-0.2, 0) is 0 Å². The smallest absolute Gasteiger partial charge is 0.125 e. The molecule has 0 saturated carbocycles. The maximum Gasteiger partial charge on any atom is 0.125 e. The quantitative estimate of drug-likeness (QED) is 0.689. The van der Waals surface area contributed by atoms with Crippen molar-refractivity contribution in [3.05, 3.63) is 95.8 Å². The average Bonchev–Trinajstić information content (AvgIpc) is 2.56. The monoisotopic (exact) mass is 292 g/mol. The minimum absolute atomic E-state index is 0.0461. The van der Waals surface area contributed by atoms with Crippen LogP contribution in [0.5, 0.6) is 0 Å². The molecule has 0 aromatic heterocycles. The van der Waals surface area contributed by atoms with E-state index in [2.05, 4.69) is 29.6 Å². The summed E-state index contributed by atoms with van der Waals surface area (Å²) < 4.78 is 13.2. The van der Waals surface area contributed by atoms with Gasteiger partial charge in [0.15, 0.2) is 0 Å². The van der Waals surface area contributed by atoms with E-state index >= 15 is 0 Å². The first-order valence-electron chi connectivity index (χ1n) is 7.15. The molecule has 0 fully saturated rings. The highest BCUT2D eigenvalue weighted by atomic mass is 19.1. The first-order valence-corrected chi connectivity index (χ1v) is 7.15.